The Bertz CT molecular complexity index is 1070. The molecule has 0 aliphatic heterocycles. The molecule has 1 aromatic heterocycles. The van der Waals surface area contributed by atoms with E-state index in [1.54, 1.807) is 0 Å². The van der Waals surface area contributed by atoms with Gasteiger partial charge in [-0.3, -0.25) is 4.79 Å². The van der Waals surface area contributed by atoms with E-state index in [-0.39, 0.29) is 17.8 Å². The number of aromatic nitrogens is 3. The number of amides is 1. The second-order valence-electron chi connectivity index (χ2n) is 7.74. The Balaban J connectivity index is 1.62. The summed E-state index contributed by atoms with van der Waals surface area (Å²) < 4.78 is 7.92. The Morgan fingerprint density at radius 2 is 1.71 bits per heavy atom. The first-order chi connectivity index (χ1) is 14.6. The van der Waals surface area contributed by atoms with Crippen molar-refractivity contribution in [2.45, 2.75) is 45.9 Å². The van der Waals surface area contributed by atoms with E-state index in [2.05, 4.69) is 21.6 Å². The lowest BCUT2D eigenvalue weighted by molar-refractivity contribution is -0.113. The zero-order valence-electron chi connectivity index (χ0n) is 18.6. The smallest absolute Gasteiger partial charge is 0.234 e. The second-order valence-corrected chi connectivity index (χ2v) is 9.06. The fourth-order valence-electron chi connectivity index (χ4n) is 3.41. The van der Waals surface area contributed by atoms with Gasteiger partial charge in [0, 0.05) is 17.8 Å². The van der Waals surface area contributed by atoms with Gasteiger partial charge in [0.1, 0.15) is 5.75 Å². The fraction of sp³-hybridized carbons (Fsp3) is 0.348. The number of halogens is 1. The monoisotopic (exact) mass is 458 g/mol. The quantitative estimate of drug-likeness (QED) is 0.468. The van der Waals surface area contributed by atoms with Crippen LogP contribution < -0.4 is 10.1 Å². The lowest BCUT2D eigenvalue weighted by Crippen LogP contribution is -2.15. The van der Waals surface area contributed by atoms with E-state index in [0.29, 0.717) is 11.0 Å². The van der Waals surface area contributed by atoms with Gasteiger partial charge in [-0.25, -0.2) is 0 Å². The van der Waals surface area contributed by atoms with Crippen molar-refractivity contribution >= 4 is 35.0 Å². The van der Waals surface area contributed by atoms with Gasteiger partial charge in [0.05, 0.1) is 5.75 Å². The Labute approximate surface area is 192 Å². The van der Waals surface area contributed by atoms with Crippen molar-refractivity contribution in [3.63, 3.8) is 0 Å². The van der Waals surface area contributed by atoms with Crippen molar-refractivity contribution in [1.82, 2.24) is 14.8 Å². The Morgan fingerprint density at radius 3 is 2.32 bits per heavy atom. The second kappa shape index (κ2) is 9.75. The summed E-state index contributed by atoms with van der Waals surface area (Å²) in [6.45, 7) is 9.84. The molecule has 0 saturated carbocycles. The Kier molecular flexibility index (Phi) is 7.28. The molecule has 31 heavy (non-hydrogen) atoms. The largest absolute Gasteiger partial charge is 0.483 e. The standard InChI is InChI=1S/C23H27ClN4O2S/c1-13-7-14(2)9-18(8-13)25-20(29)12-31-23-27-26-22(28(23)6)17(5)30-19-10-15(3)21(24)16(4)11-19/h7-11,17H,12H2,1-6H3,(H,25,29). The molecule has 6 nitrogen and oxygen atoms in total. The highest BCUT2D eigenvalue weighted by atomic mass is 35.5. The molecule has 0 spiro atoms. The number of benzene rings is 2. The van der Waals surface area contributed by atoms with Crippen molar-refractivity contribution in [3.8, 4) is 5.75 Å². The number of aryl methyl sites for hydroxylation is 4. The van der Waals surface area contributed by atoms with Gasteiger partial charge >= 0.3 is 0 Å². The third-order valence-corrected chi connectivity index (χ3v) is 6.41. The van der Waals surface area contributed by atoms with Gasteiger partial charge < -0.3 is 14.6 Å². The van der Waals surface area contributed by atoms with Gasteiger partial charge in [-0.15, -0.1) is 10.2 Å². The van der Waals surface area contributed by atoms with Crippen molar-refractivity contribution in [3.05, 3.63) is 63.4 Å². The third-order valence-electron chi connectivity index (χ3n) is 4.79. The van der Waals surface area contributed by atoms with Gasteiger partial charge in [-0.1, -0.05) is 29.4 Å². The minimum absolute atomic E-state index is 0.0871. The summed E-state index contributed by atoms with van der Waals surface area (Å²) in [6, 6.07) is 9.80. The van der Waals surface area contributed by atoms with Crippen LogP contribution in [-0.4, -0.2) is 26.4 Å². The molecule has 2 aromatic carbocycles. The number of nitrogens with one attached hydrogen (secondary N) is 1. The first-order valence-electron chi connectivity index (χ1n) is 9.97. The topological polar surface area (TPSA) is 69.0 Å². The normalized spacial score (nSPS) is 12.0. The highest BCUT2D eigenvalue weighted by Gasteiger charge is 2.19. The average molecular weight is 459 g/mol. The molecule has 0 radical (unpaired) electrons. The summed E-state index contributed by atoms with van der Waals surface area (Å²) in [5.41, 5.74) is 4.96. The minimum Gasteiger partial charge on any atom is -0.483 e. The molecule has 0 saturated heterocycles. The Morgan fingerprint density at radius 1 is 1.10 bits per heavy atom. The van der Waals surface area contributed by atoms with Gasteiger partial charge in [0.25, 0.3) is 0 Å². The van der Waals surface area contributed by atoms with Gasteiger partial charge in [-0.05, 0) is 81.1 Å². The van der Waals surface area contributed by atoms with Crippen LogP contribution in [0.2, 0.25) is 5.02 Å². The maximum atomic E-state index is 12.4. The van der Waals surface area contributed by atoms with E-state index in [1.807, 2.05) is 70.5 Å². The number of ether oxygens (including phenoxy) is 1. The summed E-state index contributed by atoms with van der Waals surface area (Å²) in [4.78, 5) is 12.4. The number of thioether (sulfide) groups is 1. The molecule has 0 aliphatic carbocycles. The lowest BCUT2D eigenvalue weighted by Gasteiger charge is -2.16. The Hall–Kier alpha value is -2.51. The molecule has 1 atom stereocenters. The van der Waals surface area contributed by atoms with Gasteiger partial charge in [0.15, 0.2) is 17.1 Å². The number of nitrogens with zero attached hydrogens (tertiary/aromatic N) is 3. The molecule has 1 amide bonds. The SMILES string of the molecule is Cc1cc(C)cc(NC(=O)CSc2nnc(C(C)Oc3cc(C)c(Cl)c(C)c3)n2C)c1. The molecule has 3 rings (SSSR count). The number of hydrogen-bond donors (Lipinski definition) is 1. The fourth-order valence-corrected chi connectivity index (χ4v) is 4.24. The van der Waals surface area contributed by atoms with Crippen molar-refractivity contribution < 1.29 is 9.53 Å². The van der Waals surface area contributed by atoms with E-state index in [1.165, 1.54) is 11.8 Å². The summed E-state index contributed by atoms with van der Waals surface area (Å²) in [5.74, 6) is 1.57. The molecule has 1 unspecified atom stereocenters. The molecule has 1 N–H and O–H groups in total. The van der Waals surface area contributed by atoms with Crippen LogP contribution in [0.1, 0.15) is 41.1 Å². The minimum atomic E-state index is -0.309. The lowest BCUT2D eigenvalue weighted by atomic mass is 10.1. The number of carbonyl (C=O) groups is 1. The predicted octanol–water partition coefficient (Wildman–Crippen LogP) is 5.57. The van der Waals surface area contributed by atoms with E-state index in [4.69, 9.17) is 16.3 Å². The molecular formula is C23H27ClN4O2S. The van der Waals surface area contributed by atoms with Crippen LogP contribution in [0.15, 0.2) is 35.5 Å². The van der Waals surface area contributed by atoms with Crippen LogP contribution in [0.25, 0.3) is 0 Å². The van der Waals surface area contributed by atoms with E-state index < -0.39 is 0 Å². The number of anilines is 1. The molecule has 1 heterocycles. The number of rotatable bonds is 7. The molecule has 8 heteroatoms. The van der Waals surface area contributed by atoms with Crippen LogP contribution >= 0.6 is 23.4 Å². The van der Waals surface area contributed by atoms with Crippen molar-refractivity contribution in [1.29, 1.82) is 0 Å². The maximum absolute atomic E-state index is 12.4. The van der Waals surface area contributed by atoms with Crippen LogP contribution in [0, 0.1) is 27.7 Å². The molecule has 3 aromatic rings. The van der Waals surface area contributed by atoms with Gasteiger partial charge in [0.2, 0.25) is 5.91 Å². The molecule has 0 bridgehead atoms. The summed E-state index contributed by atoms with van der Waals surface area (Å²) in [7, 11) is 1.87. The van der Waals surface area contributed by atoms with Crippen LogP contribution in [-0.2, 0) is 11.8 Å². The molecular weight excluding hydrogens is 432 g/mol. The molecule has 0 fully saturated rings. The molecule has 0 aliphatic rings. The highest BCUT2D eigenvalue weighted by Crippen LogP contribution is 2.29. The van der Waals surface area contributed by atoms with Gasteiger partial charge in [-0.2, -0.15) is 0 Å². The molecule has 164 valence electrons. The van der Waals surface area contributed by atoms with E-state index >= 15 is 0 Å². The maximum Gasteiger partial charge on any atom is 0.234 e. The summed E-state index contributed by atoms with van der Waals surface area (Å²) >= 11 is 7.58. The van der Waals surface area contributed by atoms with Crippen LogP contribution in [0.4, 0.5) is 5.69 Å². The van der Waals surface area contributed by atoms with Crippen LogP contribution in [0.5, 0.6) is 5.75 Å². The summed E-state index contributed by atoms with van der Waals surface area (Å²) in [6.07, 6.45) is -0.309. The number of hydrogen-bond acceptors (Lipinski definition) is 5. The zero-order chi connectivity index (χ0) is 22.7. The van der Waals surface area contributed by atoms with Crippen molar-refractivity contribution in [2.75, 3.05) is 11.1 Å². The number of carbonyl (C=O) groups excluding carboxylic acids is 1. The van der Waals surface area contributed by atoms with Crippen molar-refractivity contribution in [2.24, 2.45) is 7.05 Å². The van der Waals surface area contributed by atoms with E-state index in [9.17, 15) is 4.79 Å². The van der Waals surface area contributed by atoms with E-state index in [0.717, 1.165) is 38.7 Å². The predicted molar refractivity (Wildman–Crippen MR) is 126 cm³/mol. The van der Waals surface area contributed by atoms with Crippen LogP contribution in [0.3, 0.4) is 0 Å². The first kappa shape index (κ1) is 23.2. The zero-order valence-corrected chi connectivity index (χ0v) is 20.2. The highest BCUT2D eigenvalue weighted by molar-refractivity contribution is 7.99. The first-order valence-corrected chi connectivity index (χ1v) is 11.3. The summed E-state index contributed by atoms with van der Waals surface area (Å²) in [5, 5.41) is 12.8. The average Bonchev–Trinajstić information content (AvgIpc) is 3.04. The third kappa shape index (κ3) is 5.80.